The van der Waals surface area contributed by atoms with Crippen LogP contribution in [0.15, 0.2) is 29.2 Å². The number of likely N-dealkylation sites (N-methyl/N-ethyl adjacent to an activating group) is 1. The zero-order valence-corrected chi connectivity index (χ0v) is 17.7. The summed E-state index contributed by atoms with van der Waals surface area (Å²) in [6, 6.07) is 4.48. The highest BCUT2D eigenvalue weighted by atomic mass is 35.5. The van der Waals surface area contributed by atoms with Crippen LogP contribution in [0.5, 0.6) is 5.75 Å². The summed E-state index contributed by atoms with van der Waals surface area (Å²) >= 11 is 5.77. The molecule has 2 atom stereocenters. The highest BCUT2D eigenvalue weighted by molar-refractivity contribution is 6.30. The smallest absolute Gasteiger partial charge is 0.275 e. The van der Waals surface area contributed by atoms with Crippen LogP contribution in [0, 0.1) is 11.7 Å². The zero-order chi connectivity index (χ0) is 22.5. The van der Waals surface area contributed by atoms with E-state index >= 15 is 0 Å². The van der Waals surface area contributed by atoms with Gasteiger partial charge in [0, 0.05) is 38.2 Å². The molecule has 0 radical (unpaired) electrons. The topological polar surface area (TPSA) is 99.8 Å². The van der Waals surface area contributed by atoms with E-state index in [-0.39, 0.29) is 53.8 Å². The zero-order valence-electron chi connectivity index (χ0n) is 16.9. The predicted molar refractivity (Wildman–Crippen MR) is 111 cm³/mol. The van der Waals surface area contributed by atoms with Gasteiger partial charge in [0.15, 0.2) is 17.2 Å². The Balaban J connectivity index is 1.66. The minimum Gasteiger partial charge on any atom is -0.503 e. The standard InChI is InChI=1S/C22H22ClFN2O5/c1-2-26-21(31)18-20(30)19(29)14(9-25(18)11-22(26)8-13(22)10-27)16(28)7-6-12-4-3-5-15(23)17(12)24/h3-5,9,13,27,30H,2,6-8,10-11H2,1H3/t13-,22-/m0/s1. The van der Waals surface area contributed by atoms with Crippen molar-refractivity contribution in [2.24, 2.45) is 5.92 Å². The second kappa shape index (κ2) is 7.76. The monoisotopic (exact) mass is 448 g/mol. The van der Waals surface area contributed by atoms with Gasteiger partial charge in [-0.15, -0.1) is 0 Å². The number of aliphatic hydroxyl groups excluding tert-OH is 1. The summed E-state index contributed by atoms with van der Waals surface area (Å²) in [4.78, 5) is 40.0. The number of amides is 1. The van der Waals surface area contributed by atoms with Crippen molar-refractivity contribution in [3.8, 4) is 5.75 Å². The van der Waals surface area contributed by atoms with E-state index in [0.29, 0.717) is 13.0 Å². The molecule has 31 heavy (non-hydrogen) atoms. The Hall–Kier alpha value is -2.71. The summed E-state index contributed by atoms with van der Waals surface area (Å²) in [7, 11) is 0. The number of aryl methyl sites for hydroxylation is 1. The van der Waals surface area contributed by atoms with Gasteiger partial charge in [-0.3, -0.25) is 14.4 Å². The maximum absolute atomic E-state index is 14.1. The number of fused-ring (bicyclic) bond motifs is 1. The molecule has 1 aromatic carbocycles. The lowest BCUT2D eigenvalue weighted by Crippen LogP contribution is -2.52. The number of halogens is 2. The molecule has 9 heteroatoms. The Morgan fingerprint density at radius 2 is 2.10 bits per heavy atom. The quantitative estimate of drug-likeness (QED) is 0.661. The van der Waals surface area contributed by atoms with Crippen LogP contribution in [0.1, 0.15) is 46.2 Å². The molecule has 1 amide bonds. The Kier molecular flexibility index (Phi) is 5.39. The first kappa shape index (κ1) is 21.5. The third-order valence-electron chi connectivity index (χ3n) is 6.38. The lowest BCUT2D eigenvalue weighted by molar-refractivity contribution is 0.0508. The van der Waals surface area contributed by atoms with Crippen LogP contribution in [0.25, 0.3) is 0 Å². The fourth-order valence-electron chi connectivity index (χ4n) is 4.62. The van der Waals surface area contributed by atoms with Crippen LogP contribution in [-0.4, -0.2) is 50.1 Å². The van der Waals surface area contributed by atoms with Crippen molar-refractivity contribution < 1.29 is 24.2 Å². The van der Waals surface area contributed by atoms with Crippen molar-refractivity contribution in [1.29, 1.82) is 0 Å². The number of carbonyl (C=O) groups excluding carboxylic acids is 2. The largest absolute Gasteiger partial charge is 0.503 e. The number of benzene rings is 1. The number of pyridine rings is 1. The third-order valence-corrected chi connectivity index (χ3v) is 6.67. The van der Waals surface area contributed by atoms with Crippen LogP contribution in [0.2, 0.25) is 5.02 Å². The van der Waals surface area contributed by atoms with Crippen LogP contribution in [0.3, 0.4) is 0 Å². The van der Waals surface area contributed by atoms with Gasteiger partial charge in [-0.25, -0.2) is 4.39 Å². The van der Waals surface area contributed by atoms with Crippen molar-refractivity contribution in [1.82, 2.24) is 9.47 Å². The molecular formula is C22H22ClFN2O5. The summed E-state index contributed by atoms with van der Waals surface area (Å²) in [5.41, 5.74) is -1.66. The van der Waals surface area contributed by atoms with E-state index in [1.165, 1.54) is 22.9 Å². The molecule has 1 spiro atoms. The van der Waals surface area contributed by atoms with Gasteiger partial charge in [0.1, 0.15) is 5.82 Å². The van der Waals surface area contributed by atoms with Crippen LogP contribution >= 0.6 is 11.6 Å². The summed E-state index contributed by atoms with van der Waals surface area (Å²) in [6.45, 7) is 2.35. The van der Waals surface area contributed by atoms with E-state index < -0.39 is 34.2 Å². The first-order chi connectivity index (χ1) is 14.7. The summed E-state index contributed by atoms with van der Waals surface area (Å²) < 4.78 is 15.5. The molecular weight excluding hydrogens is 427 g/mol. The summed E-state index contributed by atoms with van der Waals surface area (Å²) in [5, 5.41) is 20.0. The van der Waals surface area contributed by atoms with Gasteiger partial charge < -0.3 is 19.7 Å². The van der Waals surface area contributed by atoms with Gasteiger partial charge >= 0.3 is 0 Å². The Bertz CT molecular complexity index is 1150. The third kappa shape index (κ3) is 3.34. The minimum atomic E-state index is -0.919. The molecule has 1 fully saturated rings. The van der Waals surface area contributed by atoms with Gasteiger partial charge in [0.25, 0.3) is 5.91 Å². The molecule has 1 aliphatic carbocycles. The Morgan fingerprint density at radius 1 is 1.35 bits per heavy atom. The molecule has 4 rings (SSSR count). The number of nitrogens with zero attached hydrogens (tertiary/aromatic N) is 2. The molecule has 0 unspecified atom stereocenters. The molecule has 7 nitrogen and oxygen atoms in total. The lowest BCUT2D eigenvalue weighted by atomic mass is 10.0. The van der Waals surface area contributed by atoms with Crippen molar-refractivity contribution in [3.63, 3.8) is 0 Å². The highest BCUT2D eigenvalue weighted by Gasteiger charge is 2.61. The molecule has 164 valence electrons. The summed E-state index contributed by atoms with van der Waals surface area (Å²) in [6.07, 6.45) is 1.77. The number of Topliss-reactive ketones (excluding diaryl/α,β-unsaturated/α-hetero) is 1. The highest BCUT2D eigenvalue weighted by Crippen LogP contribution is 2.52. The van der Waals surface area contributed by atoms with Crippen molar-refractivity contribution in [2.45, 2.75) is 38.3 Å². The number of carbonyl (C=O) groups is 2. The van der Waals surface area contributed by atoms with E-state index in [1.807, 2.05) is 0 Å². The number of aliphatic hydroxyl groups is 1. The van der Waals surface area contributed by atoms with E-state index in [4.69, 9.17) is 11.6 Å². The van der Waals surface area contributed by atoms with Crippen LogP contribution in [-0.2, 0) is 13.0 Å². The van der Waals surface area contributed by atoms with Crippen molar-refractivity contribution in [2.75, 3.05) is 13.2 Å². The summed E-state index contributed by atoms with van der Waals surface area (Å²) in [5.74, 6) is -2.54. The number of aromatic hydroxyl groups is 1. The number of aromatic nitrogens is 1. The van der Waals surface area contributed by atoms with Crippen LogP contribution in [0.4, 0.5) is 4.39 Å². The van der Waals surface area contributed by atoms with Gasteiger partial charge in [-0.1, -0.05) is 23.7 Å². The maximum Gasteiger partial charge on any atom is 0.275 e. The first-order valence-corrected chi connectivity index (χ1v) is 10.5. The molecule has 2 heterocycles. The lowest BCUT2D eigenvalue weighted by Gasteiger charge is -2.38. The molecule has 2 aromatic rings. The average molecular weight is 449 g/mol. The average Bonchev–Trinajstić information content (AvgIpc) is 3.44. The second-order valence-electron chi connectivity index (χ2n) is 8.07. The normalized spacial score (nSPS) is 22.0. The number of rotatable bonds is 6. The number of hydrogen-bond acceptors (Lipinski definition) is 5. The van der Waals surface area contributed by atoms with E-state index in [1.54, 1.807) is 17.9 Å². The molecule has 0 saturated heterocycles. The minimum absolute atomic E-state index is 0.0340. The molecule has 1 saturated carbocycles. The number of hydrogen-bond donors (Lipinski definition) is 2. The maximum atomic E-state index is 14.1. The van der Waals surface area contributed by atoms with Crippen molar-refractivity contribution in [3.05, 3.63) is 62.3 Å². The van der Waals surface area contributed by atoms with Gasteiger partial charge in [0.05, 0.1) is 16.1 Å². The Labute approximate surface area is 182 Å². The SMILES string of the molecule is CCN1C(=O)c2c(O)c(=O)c(C(=O)CCc3cccc(Cl)c3F)cn2C[C@]12C[C@H]2CO. The first-order valence-electron chi connectivity index (χ1n) is 10.1. The van der Waals surface area contributed by atoms with Gasteiger partial charge in [0.2, 0.25) is 5.43 Å². The van der Waals surface area contributed by atoms with E-state index in [0.717, 1.165) is 0 Å². The molecule has 0 bridgehead atoms. The predicted octanol–water partition coefficient (Wildman–Crippen LogP) is 2.39. The molecule has 2 N–H and O–H groups in total. The number of ketones is 1. The Morgan fingerprint density at radius 3 is 2.74 bits per heavy atom. The molecule has 2 aliphatic rings. The van der Waals surface area contributed by atoms with Gasteiger partial charge in [-0.05, 0) is 31.4 Å². The van der Waals surface area contributed by atoms with E-state index in [2.05, 4.69) is 0 Å². The molecule has 1 aromatic heterocycles. The molecule has 1 aliphatic heterocycles. The van der Waals surface area contributed by atoms with Crippen molar-refractivity contribution >= 4 is 23.3 Å². The fourth-order valence-corrected chi connectivity index (χ4v) is 4.81. The fraction of sp³-hybridized carbons (Fsp3) is 0.409. The van der Waals surface area contributed by atoms with E-state index in [9.17, 15) is 29.0 Å². The van der Waals surface area contributed by atoms with Gasteiger partial charge in [-0.2, -0.15) is 0 Å². The van der Waals surface area contributed by atoms with Crippen LogP contribution < -0.4 is 5.43 Å². The second-order valence-corrected chi connectivity index (χ2v) is 8.48.